The topological polar surface area (TPSA) is 95.9 Å². The second kappa shape index (κ2) is 9.94. The molecule has 1 saturated heterocycles. The first-order valence-electron chi connectivity index (χ1n) is 12.0. The summed E-state index contributed by atoms with van der Waals surface area (Å²) in [5, 5.41) is 12.4. The van der Waals surface area contributed by atoms with E-state index in [2.05, 4.69) is 24.0 Å². The molecule has 1 heterocycles. The highest BCUT2D eigenvalue weighted by atomic mass is 16.5. The molecule has 184 valence electrons. The Bertz CT molecular complexity index is 1100. The first-order chi connectivity index (χ1) is 16.8. The number of benzene rings is 2. The number of carbonyl (C=O) groups is 3. The molecule has 7 nitrogen and oxygen atoms in total. The van der Waals surface area contributed by atoms with E-state index in [1.54, 1.807) is 13.0 Å². The van der Waals surface area contributed by atoms with Crippen molar-refractivity contribution in [3.8, 4) is 11.1 Å². The molecule has 1 aliphatic carbocycles. The van der Waals surface area contributed by atoms with Gasteiger partial charge in [-0.1, -0.05) is 61.5 Å². The summed E-state index contributed by atoms with van der Waals surface area (Å²) < 4.78 is 5.62. The number of carbonyl (C=O) groups excluding carboxylic acids is 2. The van der Waals surface area contributed by atoms with Crippen molar-refractivity contribution in [3.05, 3.63) is 72.3 Å². The first kappa shape index (κ1) is 24.5. The van der Waals surface area contributed by atoms with E-state index in [0.717, 1.165) is 22.3 Å². The van der Waals surface area contributed by atoms with Crippen molar-refractivity contribution < 1.29 is 24.2 Å². The van der Waals surface area contributed by atoms with Gasteiger partial charge in [-0.25, -0.2) is 4.79 Å². The summed E-state index contributed by atoms with van der Waals surface area (Å²) in [6.07, 6.45) is 1.91. The zero-order valence-corrected chi connectivity index (χ0v) is 20.2. The minimum atomic E-state index is -1.01. The summed E-state index contributed by atoms with van der Waals surface area (Å²) in [5.41, 5.74) is 3.49. The van der Waals surface area contributed by atoms with Crippen LogP contribution in [0.3, 0.4) is 0 Å². The molecule has 1 unspecified atom stereocenters. The van der Waals surface area contributed by atoms with Crippen LogP contribution in [0.15, 0.2) is 61.2 Å². The molecule has 2 N–H and O–H groups in total. The molecule has 2 amide bonds. The number of carboxylic acids is 1. The molecular weight excluding hydrogens is 444 g/mol. The zero-order valence-electron chi connectivity index (χ0n) is 20.2. The molecular formula is C28H32N2O5. The van der Waals surface area contributed by atoms with Gasteiger partial charge in [0.2, 0.25) is 5.91 Å². The van der Waals surface area contributed by atoms with E-state index in [4.69, 9.17) is 4.74 Å². The number of carboxylic acid groups (broad SMARTS) is 1. The SMILES string of the molecule is C=CCCC(NC(=O)OCC1c2ccccc2-c2ccccc21)C(=O)N1C[C@H](C)[C@@](C)(C(=O)O)C1. The molecule has 1 fully saturated rings. The highest BCUT2D eigenvalue weighted by Gasteiger charge is 2.48. The second-order valence-corrected chi connectivity index (χ2v) is 9.73. The predicted molar refractivity (Wildman–Crippen MR) is 133 cm³/mol. The average Bonchev–Trinajstić information content (AvgIpc) is 3.34. The van der Waals surface area contributed by atoms with Crippen LogP contribution in [-0.2, 0) is 14.3 Å². The second-order valence-electron chi connectivity index (χ2n) is 9.73. The van der Waals surface area contributed by atoms with Crippen molar-refractivity contribution >= 4 is 18.0 Å². The summed E-state index contributed by atoms with van der Waals surface area (Å²) in [6.45, 7) is 7.80. The minimum absolute atomic E-state index is 0.0776. The average molecular weight is 477 g/mol. The van der Waals surface area contributed by atoms with Crippen LogP contribution >= 0.6 is 0 Å². The van der Waals surface area contributed by atoms with Crippen molar-refractivity contribution in [2.24, 2.45) is 11.3 Å². The van der Waals surface area contributed by atoms with E-state index in [0.29, 0.717) is 19.4 Å². The summed E-state index contributed by atoms with van der Waals surface area (Å²) in [6, 6.07) is 15.4. The molecule has 0 bridgehead atoms. The molecule has 2 aromatic rings. The quantitative estimate of drug-likeness (QED) is 0.550. The van der Waals surface area contributed by atoms with Crippen molar-refractivity contribution in [1.29, 1.82) is 0 Å². The largest absolute Gasteiger partial charge is 0.481 e. The molecule has 7 heteroatoms. The molecule has 4 rings (SSSR count). The van der Waals surface area contributed by atoms with Gasteiger partial charge in [0.15, 0.2) is 0 Å². The molecule has 2 aliphatic rings. The van der Waals surface area contributed by atoms with Crippen LogP contribution < -0.4 is 5.32 Å². The Morgan fingerprint density at radius 2 is 1.77 bits per heavy atom. The monoisotopic (exact) mass is 476 g/mol. The third-order valence-electron chi connectivity index (χ3n) is 7.49. The molecule has 1 aliphatic heterocycles. The number of alkyl carbamates (subject to hydrolysis) is 1. The minimum Gasteiger partial charge on any atom is -0.481 e. The van der Waals surface area contributed by atoms with Gasteiger partial charge in [0.1, 0.15) is 12.6 Å². The van der Waals surface area contributed by atoms with E-state index in [1.165, 1.54) is 4.90 Å². The van der Waals surface area contributed by atoms with Crippen molar-refractivity contribution in [3.63, 3.8) is 0 Å². The lowest BCUT2D eigenvalue weighted by Gasteiger charge is -2.25. The predicted octanol–water partition coefficient (Wildman–Crippen LogP) is 4.43. The number of nitrogens with one attached hydrogen (secondary N) is 1. The number of nitrogens with zero attached hydrogens (tertiary/aromatic N) is 1. The van der Waals surface area contributed by atoms with E-state index in [9.17, 15) is 19.5 Å². The van der Waals surface area contributed by atoms with Gasteiger partial charge in [0.05, 0.1) is 5.41 Å². The van der Waals surface area contributed by atoms with Gasteiger partial charge in [-0.05, 0) is 47.9 Å². The summed E-state index contributed by atoms with van der Waals surface area (Å²) in [5.74, 6) is -1.49. The van der Waals surface area contributed by atoms with Gasteiger partial charge in [-0.15, -0.1) is 6.58 Å². The third-order valence-corrected chi connectivity index (χ3v) is 7.49. The summed E-state index contributed by atoms with van der Waals surface area (Å²) in [4.78, 5) is 39.4. The standard InChI is InChI=1S/C28H32N2O5/c1-4-5-14-24(25(31)30-15-18(2)28(3,17-30)26(32)33)29-27(34)35-16-23-21-12-8-6-10-19(21)20-11-7-9-13-22(20)23/h4,6-13,18,23-24H,1,5,14-17H2,2-3H3,(H,29,34)(H,32,33)/t18-,24?,28-/m0/s1. The molecule has 35 heavy (non-hydrogen) atoms. The van der Waals surface area contributed by atoms with Crippen molar-refractivity contribution in [1.82, 2.24) is 10.2 Å². The van der Waals surface area contributed by atoms with Gasteiger partial charge in [0, 0.05) is 19.0 Å². The summed E-state index contributed by atoms with van der Waals surface area (Å²) in [7, 11) is 0. The normalized spacial score (nSPS) is 21.7. The number of likely N-dealkylation sites (tertiary alicyclic amines) is 1. The lowest BCUT2D eigenvalue weighted by Crippen LogP contribution is -2.49. The number of amides is 2. The maximum atomic E-state index is 13.3. The Labute approximate surface area is 205 Å². The van der Waals surface area contributed by atoms with Gasteiger partial charge < -0.3 is 20.1 Å². The van der Waals surface area contributed by atoms with Crippen molar-refractivity contribution in [2.75, 3.05) is 19.7 Å². The lowest BCUT2D eigenvalue weighted by atomic mass is 9.81. The Balaban J connectivity index is 1.43. The fraction of sp³-hybridized carbons (Fsp3) is 0.393. The Morgan fingerprint density at radius 3 is 2.31 bits per heavy atom. The molecule has 2 aromatic carbocycles. The van der Waals surface area contributed by atoms with Crippen LogP contribution in [-0.4, -0.2) is 53.7 Å². The van der Waals surface area contributed by atoms with E-state index >= 15 is 0 Å². The van der Waals surface area contributed by atoms with Crippen molar-refractivity contribution in [2.45, 2.75) is 38.6 Å². The fourth-order valence-corrected chi connectivity index (χ4v) is 5.14. The number of allylic oxidation sites excluding steroid dienone is 1. The fourth-order valence-electron chi connectivity index (χ4n) is 5.14. The Morgan fingerprint density at radius 1 is 1.17 bits per heavy atom. The van der Waals surface area contributed by atoms with Gasteiger partial charge in [-0.2, -0.15) is 0 Å². The van der Waals surface area contributed by atoms with Gasteiger partial charge in [0.25, 0.3) is 0 Å². The number of fused-ring (bicyclic) bond motifs is 3. The summed E-state index contributed by atoms with van der Waals surface area (Å²) >= 11 is 0. The maximum Gasteiger partial charge on any atom is 0.407 e. The Hall–Kier alpha value is -3.61. The number of hydrogen-bond acceptors (Lipinski definition) is 4. The number of aliphatic carboxylic acids is 1. The van der Waals surface area contributed by atoms with Crippen LogP contribution in [0, 0.1) is 11.3 Å². The van der Waals surface area contributed by atoms with Crippen LogP contribution in [0.1, 0.15) is 43.7 Å². The van der Waals surface area contributed by atoms with E-state index < -0.39 is 23.5 Å². The first-order valence-corrected chi connectivity index (χ1v) is 12.0. The molecule has 3 atom stereocenters. The molecule has 0 aromatic heterocycles. The number of rotatable bonds is 8. The maximum absolute atomic E-state index is 13.3. The van der Waals surface area contributed by atoms with E-state index in [-0.39, 0.29) is 30.9 Å². The molecule has 0 spiro atoms. The molecule has 0 saturated carbocycles. The molecule has 0 radical (unpaired) electrons. The highest BCUT2D eigenvalue weighted by Crippen LogP contribution is 2.44. The number of hydrogen-bond donors (Lipinski definition) is 2. The van der Waals surface area contributed by atoms with Gasteiger partial charge >= 0.3 is 12.1 Å². The smallest absolute Gasteiger partial charge is 0.407 e. The van der Waals surface area contributed by atoms with Crippen LogP contribution in [0.2, 0.25) is 0 Å². The third kappa shape index (κ3) is 4.67. The van der Waals surface area contributed by atoms with Crippen LogP contribution in [0.25, 0.3) is 11.1 Å². The zero-order chi connectivity index (χ0) is 25.2. The van der Waals surface area contributed by atoms with Crippen LogP contribution in [0.4, 0.5) is 4.79 Å². The van der Waals surface area contributed by atoms with Crippen LogP contribution in [0.5, 0.6) is 0 Å². The Kier molecular flexibility index (Phi) is 6.96. The highest BCUT2D eigenvalue weighted by molar-refractivity contribution is 5.87. The number of ether oxygens (including phenoxy) is 1. The van der Waals surface area contributed by atoms with Gasteiger partial charge in [-0.3, -0.25) is 9.59 Å². The van der Waals surface area contributed by atoms with E-state index in [1.807, 2.05) is 43.3 Å². The lowest BCUT2D eigenvalue weighted by molar-refractivity contribution is -0.149.